The maximum atomic E-state index is 7.86. The fourth-order valence-electron chi connectivity index (χ4n) is 0.928. The first-order valence-electron chi connectivity index (χ1n) is 6.33. The van der Waals surface area contributed by atoms with Gasteiger partial charge in [0.25, 0.3) is 0 Å². The minimum absolute atomic E-state index is 0.0282. The molecule has 0 aliphatic heterocycles. The summed E-state index contributed by atoms with van der Waals surface area (Å²) in [6, 6.07) is 0.317. The van der Waals surface area contributed by atoms with E-state index in [0.717, 1.165) is 0 Å². The lowest BCUT2D eigenvalue weighted by Crippen LogP contribution is -1.73. The molecule has 0 atom stereocenters. The molecule has 0 nitrogen and oxygen atoms in total. The molecule has 11 heavy (non-hydrogen) atoms. The Balaban J connectivity index is 3.17. The maximum Gasteiger partial charge on any atom is 0.0632 e. The first-order chi connectivity index (χ1) is 7.86. The van der Waals surface area contributed by atoms with Gasteiger partial charge in [0.2, 0.25) is 0 Å². The van der Waals surface area contributed by atoms with E-state index in [4.69, 9.17) is 8.22 Å². The van der Waals surface area contributed by atoms with Crippen LogP contribution in [0.15, 0.2) is 42.3 Å². The molecule has 2 aromatic carbocycles. The number of hydrogen-bond donors (Lipinski definition) is 0. The predicted molar refractivity (Wildman–Crippen MR) is 48.7 cm³/mol. The molecule has 0 saturated carbocycles. The molecule has 0 unspecified atom stereocenters. The van der Waals surface area contributed by atoms with Crippen LogP contribution in [0.1, 0.15) is 13.8 Å². The molecule has 0 fully saturated rings. The largest absolute Gasteiger partial charge is 0.0632 e. The van der Waals surface area contributed by atoms with Crippen LogP contribution in [0.5, 0.6) is 0 Å². The first-order valence-corrected chi connectivity index (χ1v) is 3.33. The third kappa shape index (κ3) is 1.12. The zero-order chi connectivity index (χ0) is 12.9. The van der Waals surface area contributed by atoms with E-state index in [1.165, 1.54) is 6.07 Å². The summed E-state index contributed by atoms with van der Waals surface area (Å²) in [5.74, 6) is 0. The van der Waals surface area contributed by atoms with Crippen LogP contribution in [0, 0.1) is 6.92 Å². The van der Waals surface area contributed by atoms with Gasteiger partial charge in [-0.05, 0) is 17.7 Å². The molecule has 0 aliphatic carbocycles. The van der Waals surface area contributed by atoms with Crippen molar-refractivity contribution in [1.82, 2.24) is 0 Å². The van der Waals surface area contributed by atoms with Crippen molar-refractivity contribution in [2.24, 2.45) is 0 Å². The molecular weight excluding hydrogens is 132 g/mol. The summed E-state index contributed by atoms with van der Waals surface area (Å²) in [6.45, 7) is 1.65. The van der Waals surface area contributed by atoms with Gasteiger partial charge in [0, 0.05) is 0 Å². The van der Waals surface area contributed by atoms with Crippen molar-refractivity contribution in [3.63, 3.8) is 0 Å². The standard InChI is InChI=1S/C11H10/c1-9-6-7-10-4-2-3-5-11(10)8-9/h2-8H,1H3/i2D,3D,4D,5D,7D,8D. The summed E-state index contributed by atoms with van der Waals surface area (Å²) in [6.07, 6.45) is 0. The van der Waals surface area contributed by atoms with E-state index in [-0.39, 0.29) is 47.0 Å². The van der Waals surface area contributed by atoms with Gasteiger partial charge in [0.15, 0.2) is 0 Å². The van der Waals surface area contributed by atoms with Crippen molar-refractivity contribution in [3.05, 3.63) is 47.9 Å². The van der Waals surface area contributed by atoms with Crippen LogP contribution in [-0.4, -0.2) is 0 Å². The van der Waals surface area contributed by atoms with E-state index in [1.807, 2.05) is 0 Å². The van der Waals surface area contributed by atoms with Crippen LogP contribution in [0.2, 0.25) is 0 Å². The molecule has 0 heteroatoms. The summed E-state index contributed by atoms with van der Waals surface area (Å²) < 4.78 is 46.3. The van der Waals surface area contributed by atoms with Crippen molar-refractivity contribution in [2.45, 2.75) is 6.92 Å². The summed E-state index contributed by atoms with van der Waals surface area (Å²) in [5, 5.41) is 0.243. The van der Waals surface area contributed by atoms with Gasteiger partial charge < -0.3 is 0 Å². The Morgan fingerprint density at radius 3 is 2.64 bits per heavy atom. The second-order valence-corrected chi connectivity index (χ2v) is 2.35. The lowest BCUT2D eigenvalue weighted by atomic mass is 10.1. The van der Waals surface area contributed by atoms with Gasteiger partial charge in [0.05, 0.1) is 8.22 Å². The highest BCUT2D eigenvalue weighted by Gasteiger charge is 1.89. The van der Waals surface area contributed by atoms with Crippen molar-refractivity contribution in [1.29, 1.82) is 0 Å². The van der Waals surface area contributed by atoms with Crippen molar-refractivity contribution < 1.29 is 8.22 Å². The highest BCUT2D eigenvalue weighted by molar-refractivity contribution is 5.82. The van der Waals surface area contributed by atoms with Gasteiger partial charge >= 0.3 is 0 Å². The van der Waals surface area contributed by atoms with E-state index in [9.17, 15) is 0 Å². The predicted octanol–water partition coefficient (Wildman–Crippen LogP) is 3.15. The Kier molecular flexibility index (Phi) is 0.571. The number of benzene rings is 2. The molecule has 54 valence electrons. The Hall–Kier alpha value is -1.30. The van der Waals surface area contributed by atoms with Crippen LogP contribution >= 0.6 is 0 Å². The van der Waals surface area contributed by atoms with Crippen molar-refractivity contribution in [2.75, 3.05) is 0 Å². The van der Waals surface area contributed by atoms with Crippen LogP contribution in [0.25, 0.3) is 10.8 Å². The Labute approximate surface area is 74.9 Å². The number of rotatable bonds is 0. The second-order valence-electron chi connectivity index (χ2n) is 2.35. The van der Waals surface area contributed by atoms with Gasteiger partial charge in [-0.3, -0.25) is 0 Å². The highest BCUT2D eigenvalue weighted by atomic mass is 13.9. The van der Waals surface area contributed by atoms with Crippen LogP contribution < -0.4 is 0 Å². The van der Waals surface area contributed by atoms with Crippen LogP contribution in [-0.2, 0) is 0 Å². The monoisotopic (exact) mass is 148 g/mol. The summed E-state index contributed by atoms with van der Waals surface area (Å²) in [4.78, 5) is 0. The molecule has 2 aromatic rings. The van der Waals surface area contributed by atoms with Crippen LogP contribution in [0.3, 0.4) is 0 Å². The molecule has 0 bridgehead atoms. The average molecular weight is 148 g/mol. The molecule has 0 aromatic heterocycles. The van der Waals surface area contributed by atoms with Gasteiger partial charge in [-0.2, -0.15) is 0 Å². The molecular formula is C11H10. The van der Waals surface area contributed by atoms with E-state index < -0.39 is 0 Å². The topological polar surface area (TPSA) is 0 Å². The van der Waals surface area contributed by atoms with E-state index in [1.54, 1.807) is 6.92 Å². The number of aryl methyl sites for hydroxylation is 1. The van der Waals surface area contributed by atoms with E-state index in [0.29, 0.717) is 5.56 Å². The minimum atomic E-state index is -0.362. The summed E-state index contributed by atoms with van der Waals surface area (Å²) in [5.41, 5.74) is 0.535. The first kappa shape index (κ1) is 2.63. The smallest absolute Gasteiger partial charge is 0.0616 e. The molecule has 0 amide bonds. The third-order valence-electron chi connectivity index (χ3n) is 1.44. The van der Waals surface area contributed by atoms with Gasteiger partial charge in [-0.25, -0.2) is 0 Å². The Morgan fingerprint density at radius 1 is 1.09 bits per heavy atom. The maximum absolute atomic E-state index is 7.86. The molecule has 0 N–H and O–H groups in total. The average Bonchev–Trinajstić information content (AvgIpc) is 2.28. The normalized spacial score (nSPS) is 17.9. The third-order valence-corrected chi connectivity index (χ3v) is 1.44. The Morgan fingerprint density at radius 2 is 1.82 bits per heavy atom. The quantitative estimate of drug-likeness (QED) is 0.538. The number of fused-ring (bicyclic) bond motifs is 1. The number of hydrogen-bond acceptors (Lipinski definition) is 0. The van der Waals surface area contributed by atoms with Crippen molar-refractivity contribution >= 4 is 10.8 Å². The molecule has 2 rings (SSSR count). The molecule has 0 heterocycles. The Bertz CT molecular complexity index is 632. The SMILES string of the molecule is [2H]c1c([2H])c([2H])c2c([2H])c(C)cc([2H])c2c1[2H]. The highest BCUT2D eigenvalue weighted by Crippen LogP contribution is 2.14. The molecule has 0 aliphatic rings. The molecule has 0 radical (unpaired) electrons. The fraction of sp³-hybridized carbons (Fsp3) is 0.0909. The second kappa shape index (κ2) is 2.39. The molecule has 0 saturated heterocycles. The van der Waals surface area contributed by atoms with Gasteiger partial charge in [-0.1, -0.05) is 47.9 Å². The molecule has 0 spiro atoms. The lowest BCUT2D eigenvalue weighted by molar-refractivity contribution is 1.51. The van der Waals surface area contributed by atoms with Gasteiger partial charge in [0.1, 0.15) is 0 Å². The summed E-state index contributed by atoms with van der Waals surface area (Å²) >= 11 is 0. The fourth-order valence-corrected chi connectivity index (χ4v) is 0.928. The van der Waals surface area contributed by atoms with E-state index >= 15 is 0 Å². The zero-order valence-electron chi connectivity index (χ0n) is 12.1. The lowest BCUT2D eigenvalue weighted by Gasteiger charge is -1.96. The van der Waals surface area contributed by atoms with Crippen molar-refractivity contribution in [3.8, 4) is 0 Å². The minimum Gasteiger partial charge on any atom is -0.0616 e. The van der Waals surface area contributed by atoms with E-state index in [2.05, 4.69) is 0 Å². The van der Waals surface area contributed by atoms with Gasteiger partial charge in [-0.15, -0.1) is 0 Å². The van der Waals surface area contributed by atoms with Crippen LogP contribution in [0.4, 0.5) is 0 Å². The summed E-state index contributed by atoms with van der Waals surface area (Å²) in [7, 11) is 0. The zero-order valence-corrected chi connectivity index (χ0v) is 6.08.